The van der Waals surface area contributed by atoms with Crippen molar-refractivity contribution >= 4 is 46.8 Å². The summed E-state index contributed by atoms with van der Waals surface area (Å²) in [6, 6.07) is 14.4. The molecule has 296 valence electrons. The topological polar surface area (TPSA) is 143 Å². The Labute approximate surface area is 339 Å². The number of amides is 5. The number of nitriles is 1. The van der Waals surface area contributed by atoms with E-state index < -0.39 is 46.3 Å². The number of carbonyl (C=O) groups is 5. The van der Waals surface area contributed by atoms with Gasteiger partial charge in [-0.15, -0.1) is 0 Å². The van der Waals surface area contributed by atoms with Gasteiger partial charge < -0.3 is 14.5 Å². The molecule has 3 saturated heterocycles. The van der Waals surface area contributed by atoms with E-state index >= 15 is 4.39 Å². The average molecular weight is 803 g/mol. The summed E-state index contributed by atoms with van der Waals surface area (Å²) in [4.78, 5) is 71.3. The minimum atomic E-state index is -1.00. The van der Waals surface area contributed by atoms with Gasteiger partial charge in [0.2, 0.25) is 11.8 Å². The number of benzene rings is 3. The fraction of sp³-hybridized carbons (Fsp3) is 0.409. The zero-order valence-electron chi connectivity index (χ0n) is 32.4. The molecule has 0 spiro atoms. The Kier molecular flexibility index (Phi) is 8.73. The third-order valence-electron chi connectivity index (χ3n) is 12.9. The van der Waals surface area contributed by atoms with Crippen LogP contribution in [-0.4, -0.2) is 94.6 Å². The third kappa shape index (κ3) is 5.85. The summed E-state index contributed by atoms with van der Waals surface area (Å²) in [6.45, 7) is 11.5. The lowest BCUT2D eigenvalue weighted by atomic mass is 9.49. The Morgan fingerprint density at radius 3 is 2.31 bits per heavy atom. The van der Waals surface area contributed by atoms with Crippen LogP contribution in [0.1, 0.15) is 88.3 Å². The molecule has 5 amide bonds. The molecular formula is C44H40ClFN6O6. The lowest BCUT2D eigenvalue weighted by molar-refractivity contribution is -0.199. The highest BCUT2D eigenvalue weighted by Gasteiger charge is 2.67. The molecule has 4 fully saturated rings. The first kappa shape index (κ1) is 37.8. The predicted molar refractivity (Wildman–Crippen MR) is 209 cm³/mol. The number of hydrogen-bond acceptors (Lipinski definition) is 9. The Hall–Kier alpha value is -5.76. The second kappa shape index (κ2) is 13.4. The molecule has 1 unspecified atom stereocenters. The number of likely N-dealkylation sites (tertiary alicyclic amines) is 1. The number of halogens is 2. The van der Waals surface area contributed by atoms with Crippen molar-refractivity contribution in [2.24, 2.45) is 16.7 Å². The molecule has 14 heteroatoms. The number of hydrogen-bond donors (Lipinski definition) is 1. The molecular weight excluding hydrogens is 763 g/mol. The molecule has 0 bridgehead atoms. The van der Waals surface area contributed by atoms with Crippen LogP contribution in [-0.2, 0) is 16.1 Å². The number of imide groups is 2. The van der Waals surface area contributed by atoms with Gasteiger partial charge in [-0.1, -0.05) is 51.1 Å². The maximum atomic E-state index is 15.6. The summed E-state index contributed by atoms with van der Waals surface area (Å²) >= 11 is 6.26. The summed E-state index contributed by atoms with van der Waals surface area (Å²) < 4.78 is 22.0. The van der Waals surface area contributed by atoms with E-state index in [4.69, 9.17) is 16.3 Å². The number of ether oxygens (including phenoxy) is 1. The van der Waals surface area contributed by atoms with Crippen molar-refractivity contribution in [3.8, 4) is 23.7 Å². The number of rotatable bonds is 6. The third-order valence-corrected chi connectivity index (χ3v) is 13.2. The highest BCUT2D eigenvalue weighted by atomic mass is 35.5. The summed E-state index contributed by atoms with van der Waals surface area (Å²) in [5, 5.41) is 11.8. The Morgan fingerprint density at radius 1 is 0.897 bits per heavy atom. The number of fused-ring (bicyclic) bond motifs is 2. The number of nitrogens with one attached hydrogen (secondary N) is 1. The lowest BCUT2D eigenvalue weighted by Gasteiger charge is -2.65. The molecule has 1 atom stereocenters. The molecule has 12 nitrogen and oxygen atoms in total. The molecule has 9 rings (SSSR count). The molecule has 5 heterocycles. The highest BCUT2D eigenvalue weighted by molar-refractivity contribution is 6.31. The number of carbonyl (C=O) groups excluding carboxylic acids is 5. The molecule has 3 aromatic rings. The molecule has 6 aliphatic rings. The largest absolute Gasteiger partial charge is 0.489 e. The van der Waals surface area contributed by atoms with Gasteiger partial charge in [0, 0.05) is 85.3 Å². The molecule has 58 heavy (non-hydrogen) atoms. The van der Waals surface area contributed by atoms with Crippen molar-refractivity contribution in [2.75, 3.05) is 31.1 Å². The van der Waals surface area contributed by atoms with E-state index in [-0.39, 0.29) is 60.0 Å². The van der Waals surface area contributed by atoms with Crippen molar-refractivity contribution in [3.05, 3.63) is 92.8 Å². The molecule has 3 aromatic carbocycles. The quantitative estimate of drug-likeness (QED) is 0.276. The fourth-order valence-corrected chi connectivity index (χ4v) is 10.6. The maximum Gasteiger partial charge on any atom is 0.262 e. The molecule has 5 aliphatic heterocycles. The smallest absolute Gasteiger partial charge is 0.262 e. The van der Waals surface area contributed by atoms with Gasteiger partial charge in [0.25, 0.3) is 17.7 Å². The van der Waals surface area contributed by atoms with Crippen molar-refractivity contribution in [3.63, 3.8) is 0 Å². The second-order valence-electron chi connectivity index (χ2n) is 17.4. The number of piperidine rings is 1. The van der Waals surface area contributed by atoms with Gasteiger partial charge in [0.1, 0.15) is 29.8 Å². The van der Waals surface area contributed by atoms with Gasteiger partial charge in [-0.3, -0.25) is 39.1 Å². The van der Waals surface area contributed by atoms with Crippen LogP contribution < -0.4 is 15.0 Å². The van der Waals surface area contributed by atoms with Crippen LogP contribution in [0, 0.1) is 45.7 Å². The van der Waals surface area contributed by atoms with Crippen molar-refractivity contribution in [1.29, 1.82) is 5.26 Å². The van der Waals surface area contributed by atoms with Gasteiger partial charge in [-0.2, -0.15) is 5.26 Å². The van der Waals surface area contributed by atoms with Crippen LogP contribution in [0.4, 0.5) is 10.1 Å². The van der Waals surface area contributed by atoms with Crippen LogP contribution >= 0.6 is 11.6 Å². The second-order valence-corrected chi connectivity index (χ2v) is 17.8. The first-order valence-electron chi connectivity index (χ1n) is 19.4. The molecule has 0 radical (unpaired) electrons. The molecule has 1 N–H and O–H groups in total. The van der Waals surface area contributed by atoms with Gasteiger partial charge in [-0.25, -0.2) is 4.39 Å². The van der Waals surface area contributed by atoms with E-state index in [0.717, 1.165) is 36.8 Å². The standard InChI is InChI=1S/C44H40ClFN6O6/c1-43(2)41(44(3,4)42(43)58-29-9-7-25(17-47)32(45)16-29)51-20-26-13-23(14-33(46)36(26)40(51)57)5-6-24-18-49(19-24)28-21-50(22-28)27-8-10-30-31(15-27)39(56)52(38(30)55)34-11-12-35(53)48-37(34)54/h7-10,13-16,24,28,34,41-42H,11-12,18-22H2,1-4H3,(H,48,53,54)/t34?,41-,42-. The van der Waals surface area contributed by atoms with Crippen LogP contribution in [0.3, 0.4) is 0 Å². The van der Waals surface area contributed by atoms with E-state index in [0.29, 0.717) is 33.5 Å². The summed E-state index contributed by atoms with van der Waals surface area (Å²) in [5.74, 6) is 4.11. The van der Waals surface area contributed by atoms with Crippen LogP contribution in [0.25, 0.3) is 0 Å². The van der Waals surface area contributed by atoms with E-state index in [9.17, 15) is 29.2 Å². The van der Waals surface area contributed by atoms with Crippen molar-refractivity contribution < 1.29 is 33.1 Å². The first-order chi connectivity index (χ1) is 27.6. The minimum Gasteiger partial charge on any atom is -0.489 e. The van der Waals surface area contributed by atoms with Crippen molar-refractivity contribution in [1.82, 2.24) is 20.0 Å². The normalized spacial score (nSPS) is 24.9. The zero-order chi connectivity index (χ0) is 41.0. The zero-order valence-corrected chi connectivity index (χ0v) is 33.2. The summed E-state index contributed by atoms with van der Waals surface area (Å²) in [5.41, 5.74) is 1.99. The van der Waals surface area contributed by atoms with E-state index in [1.807, 2.05) is 39.8 Å². The lowest BCUT2D eigenvalue weighted by Crippen LogP contribution is -2.74. The van der Waals surface area contributed by atoms with E-state index in [1.165, 1.54) is 6.07 Å². The SMILES string of the molecule is CC1(C)[C@H](Oc2ccc(C#N)c(Cl)c2)C(C)(C)[C@H]1N1Cc2cc(C#CC3CN(C4CN(c5ccc6c(c5)C(=O)N(C5CCC(=O)NC5=O)C6=O)C4)C3)cc(F)c2C1=O. The van der Waals surface area contributed by atoms with Gasteiger partial charge in [0.05, 0.1) is 27.3 Å². The fourth-order valence-electron chi connectivity index (χ4n) is 10.4. The average Bonchev–Trinajstić information content (AvgIpc) is 3.58. The highest BCUT2D eigenvalue weighted by Crippen LogP contribution is 2.59. The number of anilines is 1. The molecule has 1 aliphatic carbocycles. The first-order valence-corrected chi connectivity index (χ1v) is 19.8. The van der Waals surface area contributed by atoms with Crippen LogP contribution in [0.15, 0.2) is 48.5 Å². The molecule has 0 aromatic heterocycles. The van der Waals surface area contributed by atoms with Crippen LogP contribution in [0.5, 0.6) is 5.75 Å². The Bertz CT molecular complexity index is 2460. The monoisotopic (exact) mass is 802 g/mol. The maximum absolute atomic E-state index is 15.6. The van der Waals surface area contributed by atoms with Gasteiger partial charge in [-0.05, 0) is 54.4 Å². The summed E-state index contributed by atoms with van der Waals surface area (Å²) in [6.07, 6.45) is -0.103. The predicted octanol–water partition coefficient (Wildman–Crippen LogP) is 4.76. The van der Waals surface area contributed by atoms with Crippen LogP contribution in [0.2, 0.25) is 5.02 Å². The van der Waals surface area contributed by atoms with E-state index in [1.54, 1.807) is 35.2 Å². The Morgan fingerprint density at radius 2 is 1.62 bits per heavy atom. The Balaban J connectivity index is 0.798. The molecule has 1 saturated carbocycles. The summed E-state index contributed by atoms with van der Waals surface area (Å²) in [7, 11) is 0. The minimum absolute atomic E-state index is 0.0674. The van der Waals surface area contributed by atoms with E-state index in [2.05, 4.69) is 33.0 Å². The van der Waals surface area contributed by atoms with Gasteiger partial charge >= 0.3 is 0 Å². The number of nitrogens with zero attached hydrogens (tertiary/aromatic N) is 5. The van der Waals surface area contributed by atoms with Crippen molar-refractivity contribution in [2.45, 2.75) is 71.3 Å². The van der Waals surface area contributed by atoms with Gasteiger partial charge in [0.15, 0.2) is 0 Å².